The molecule has 5 heteroatoms. The Hall–Kier alpha value is -1.07. The Morgan fingerprint density at radius 2 is 2.24 bits per heavy atom. The van der Waals surface area contributed by atoms with E-state index in [9.17, 15) is 0 Å². The standard InChI is InChI=1S/C12H15BrN2O2/c1-8(7-16-3)17-11-5-4-10(13)9-6-15(2)14-12(9)11/h4-6,8H,7H2,1-3H3/t8-/m1/s1. The molecule has 0 spiro atoms. The molecule has 1 heterocycles. The Labute approximate surface area is 109 Å². The predicted octanol–water partition coefficient (Wildman–Crippen LogP) is 2.75. The fourth-order valence-corrected chi connectivity index (χ4v) is 2.17. The summed E-state index contributed by atoms with van der Waals surface area (Å²) in [6.07, 6.45) is 1.97. The Bertz CT molecular complexity index is 524. The van der Waals surface area contributed by atoms with Crippen LogP contribution in [0.3, 0.4) is 0 Å². The molecule has 0 amide bonds. The Balaban J connectivity index is 2.37. The van der Waals surface area contributed by atoms with Gasteiger partial charge in [-0.05, 0) is 19.1 Å². The van der Waals surface area contributed by atoms with E-state index in [1.807, 2.05) is 32.3 Å². The topological polar surface area (TPSA) is 36.3 Å². The van der Waals surface area contributed by atoms with Crippen LogP contribution < -0.4 is 4.74 Å². The molecule has 17 heavy (non-hydrogen) atoms. The van der Waals surface area contributed by atoms with E-state index >= 15 is 0 Å². The van der Waals surface area contributed by atoms with Crippen molar-refractivity contribution in [2.45, 2.75) is 13.0 Å². The average Bonchev–Trinajstić information content (AvgIpc) is 2.66. The number of hydrogen-bond acceptors (Lipinski definition) is 3. The van der Waals surface area contributed by atoms with E-state index in [2.05, 4.69) is 21.0 Å². The highest BCUT2D eigenvalue weighted by Gasteiger charge is 2.12. The zero-order valence-corrected chi connectivity index (χ0v) is 11.7. The number of benzene rings is 1. The molecule has 0 aliphatic carbocycles. The van der Waals surface area contributed by atoms with E-state index in [4.69, 9.17) is 9.47 Å². The zero-order chi connectivity index (χ0) is 12.4. The summed E-state index contributed by atoms with van der Waals surface area (Å²) in [5, 5.41) is 5.46. The fourth-order valence-electron chi connectivity index (χ4n) is 1.74. The first-order chi connectivity index (χ1) is 8.11. The van der Waals surface area contributed by atoms with Gasteiger partial charge < -0.3 is 9.47 Å². The smallest absolute Gasteiger partial charge is 0.148 e. The molecule has 0 aliphatic rings. The first kappa shape index (κ1) is 12.4. The van der Waals surface area contributed by atoms with E-state index in [0.29, 0.717) is 6.61 Å². The van der Waals surface area contributed by atoms with E-state index in [1.54, 1.807) is 11.8 Å². The summed E-state index contributed by atoms with van der Waals surface area (Å²) in [5.41, 5.74) is 0.866. The summed E-state index contributed by atoms with van der Waals surface area (Å²) < 4.78 is 13.7. The van der Waals surface area contributed by atoms with Crippen LogP contribution in [0.5, 0.6) is 5.75 Å². The quantitative estimate of drug-likeness (QED) is 0.871. The molecule has 2 rings (SSSR count). The van der Waals surface area contributed by atoms with Gasteiger partial charge in [-0.25, -0.2) is 0 Å². The molecule has 0 unspecified atom stereocenters. The van der Waals surface area contributed by atoms with Crippen LogP contribution in [0.2, 0.25) is 0 Å². The fraction of sp³-hybridized carbons (Fsp3) is 0.417. The van der Waals surface area contributed by atoms with Crippen LogP contribution in [-0.4, -0.2) is 29.6 Å². The lowest BCUT2D eigenvalue weighted by Crippen LogP contribution is -2.18. The molecular weight excluding hydrogens is 284 g/mol. The van der Waals surface area contributed by atoms with Gasteiger partial charge in [0.05, 0.1) is 6.61 Å². The molecule has 92 valence electrons. The van der Waals surface area contributed by atoms with Gasteiger partial charge >= 0.3 is 0 Å². The lowest BCUT2D eigenvalue weighted by molar-refractivity contribution is 0.0929. The molecule has 0 bridgehead atoms. The highest BCUT2D eigenvalue weighted by molar-refractivity contribution is 9.10. The van der Waals surface area contributed by atoms with Crippen LogP contribution in [0.4, 0.5) is 0 Å². The van der Waals surface area contributed by atoms with E-state index in [0.717, 1.165) is 21.1 Å². The molecule has 2 aromatic rings. The molecule has 1 aromatic carbocycles. The minimum Gasteiger partial charge on any atom is -0.486 e. The van der Waals surface area contributed by atoms with E-state index in [-0.39, 0.29) is 6.10 Å². The van der Waals surface area contributed by atoms with Crippen molar-refractivity contribution in [3.63, 3.8) is 0 Å². The van der Waals surface area contributed by atoms with Crippen molar-refractivity contribution in [1.29, 1.82) is 0 Å². The molecule has 0 saturated carbocycles. The Morgan fingerprint density at radius 3 is 2.94 bits per heavy atom. The van der Waals surface area contributed by atoms with Gasteiger partial charge in [-0.2, -0.15) is 5.10 Å². The second-order valence-corrected chi connectivity index (χ2v) is 4.85. The van der Waals surface area contributed by atoms with Gasteiger partial charge in [0, 0.05) is 30.2 Å². The van der Waals surface area contributed by atoms with Crippen molar-refractivity contribution in [2.24, 2.45) is 7.05 Å². The van der Waals surface area contributed by atoms with Gasteiger partial charge in [0.2, 0.25) is 0 Å². The van der Waals surface area contributed by atoms with Crippen LogP contribution >= 0.6 is 15.9 Å². The van der Waals surface area contributed by atoms with Crippen LogP contribution in [-0.2, 0) is 11.8 Å². The van der Waals surface area contributed by atoms with Gasteiger partial charge in [-0.3, -0.25) is 4.68 Å². The summed E-state index contributed by atoms with van der Waals surface area (Å²) in [7, 11) is 3.56. The second-order valence-electron chi connectivity index (χ2n) is 3.99. The zero-order valence-electron chi connectivity index (χ0n) is 10.1. The van der Waals surface area contributed by atoms with E-state index < -0.39 is 0 Å². The summed E-state index contributed by atoms with van der Waals surface area (Å²) in [6.45, 7) is 2.53. The van der Waals surface area contributed by atoms with Gasteiger partial charge in [0.1, 0.15) is 17.4 Å². The van der Waals surface area contributed by atoms with Crippen LogP contribution in [0, 0.1) is 0 Å². The van der Waals surface area contributed by atoms with Crippen molar-refractivity contribution in [3.8, 4) is 5.75 Å². The largest absolute Gasteiger partial charge is 0.486 e. The molecule has 0 fully saturated rings. The monoisotopic (exact) mass is 298 g/mol. The summed E-state index contributed by atoms with van der Waals surface area (Å²) >= 11 is 3.51. The number of halogens is 1. The lowest BCUT2D eigenvalue weighted by atomic mass is 10.2. The number of aromatic nitrogens is 2. The Morgan fingerprint density at radius 1 is 1.47 bits per heavy atom. The number of fused-ring (bicyclic) bond motifs is 1. The SMILES string of the molecule is COC[C@@H](C)Oc1ccc(Br)c2cn(C)nc12. The maximum atomic E-state index is 5.81. The lowest BCUT2D eigenvalue weighted by Gasteiger charge is -2.14. The highest BCUT2D eigenvalue weighted by Crippen LogP contribution is 2.30. The van der Waals surface area contributed by atoms with Crippen LogP contribution in [0.1, 0.15) is 6.92 Å². The number of rotatable bonds is 4. The number of aryl methyl sites for hydroxylation is 1. The van der Waals surface area contributed by atoms with Gasteiger partial charge in [-0.15, -0.1) is 0 Å². The van der Waals surface area contributed by atoms with E-state index in [1.165, 1.54) is 0 Å². The second kappa shape index (κ2) is 5.06. The average molecular weight is 299 g/mol. The molecule has 0 radical (unpaired) electrons. The third-order valence-electron chi connectivity index (χ3n) is 2.43. The molecule has 4 nitrogen and oxygen atoms in total. The van der Waals surface area contributed by atoms with Crippen molar-refractivity contribution in [3.05, 3.63) is 22.8 Å². The van der Waals surface area contributed by atoms with Crippen molar-refractivity contribution in [1.82, 2.24) is 9.78 Å². The first-order valence-electron chi connectivity index (χ1n) is 5.39. The summed E-state index contributed by atoms with van der Waals surface area (Å²) in [4.78, 5) is 0. The summed E-state index contributed by atoms with van der Waals surface area (Å²) in [6, 6.07) is 3.89. The Kier molecular flexibility index (Phi) is 3.69. The van der Waals surface area contributed by atoms with Gasteiger partial charge in [0.15, 0.2) is 0 Å². The normalized spacial score (nSPS) is 12.9. The maximum absolute atomic E-state index is 5.81. The molecular formula is C12H15BrN2O2. The maximum Gasteiger partial charge on any atom is 0.148 e. The van der Waals surface area contributed by atoms with Crippen molar-refractivity contribution < 1.29 is 9.47 Å². The highest BCUT2D eigenvalue weighted by atomic mass is 79.9. The minimum atomic E-state index is 0.00591. The number of hydrogen-bond donors (Lipinski definition) is 0. The van der Waals surface area contributed by atoms with Gasteiger partial charge in [-0.1, -0.05) is 15.9 Å². The molecule has 1 atom stereocenters. The molecule has 0 N–H and O–H groups in total. The predicted molar refractivity (Wildman–Crippen MR) is 70.4 cm³/mol. The number of nitrogens with zero attached hydrogens (tertiary/aromatic N) is 2. The minimum absolute atomic E-state index is 0.00591. The van der Waals surface area contributed by atoms with Gasteiger partial charge in [0.25, 0.3) is 0 Å². The van der Waals surface area contributed by atoms with Crippen molar-refractivity contribution >= 4 is 26.8 Å². The first-order valence-corrected chi connectivity index (χ1v) is 6.18. The van der Waals surface area contributed by atoms with Crippen LogP contribution in [0.25, 0.3) is 10.9 Å². The third kappa shape index (κ3) is 2.61. The molecule has 0 aliphatic heterocycles. The number of ether oxygens (including phenoxy) is 2. The van der Waals surface area contributed by atoms with Crippen LogP contribution in [0.15, 0.2) is 22.8 Å². The number of methoxy groups -OCH3 is 1. The molecule has 0 saturated heterocycles. The summed E-state index contributed by atoms with van der Waals surface area (Å²) in [5.74, 6) is 0.786. The van der Waals surface area contributed by atoms with Crippen molar-refractivity contribution in [2.75, 3.05) is 13.7 Å². The molecule has 1 aromatic heterocycles. The third-order valence-corrected chi connectivity index (χ3v) is 3.12.